The number of rotatable bonds is 5. The predicted octanol–water partition coefficient (Wildman–Crippen LogP) is 0.558. The van der Waals surface area contributed by atoms with Crippen molar-refractivity contribution < 1.29 is 28.9 Å². The van der Waals surface area contributed by atoms with E-state index in [-0.39, 0.29) is 25.5 Å². The summed E-state index contributed by atoms with van der Waals surface area (Å²) >= 11 is 0. The highest BCUT2D eigenvalue weighted by molar-refractivity contribution is 5.86. The van der Waals surface area contributed by atoms with Crippen LogP contribution in [0.25, 0.3) is 0 Å². The molecule has 120 valence electrons. The van der Waals surface area contributed by atoms with Crippen molar-refractivity contribution in [3.63, 3.8) is 0 Å². The van der Waals surface area contributed by atoms with Crippen molar-refractivity contribution in [2.45, 2.75) is 12.5 Å². The van der Waals surface area contributed by atoms with E-state index in [1.54, 1.807) is 18.2 Å². The molecular formula is C15H19NO6. The molecule has 0 aliphatic carbocycles. The Bertz CT molecular complexity index is 537. The minimum Gasteiger partial charge on any atom is -0.496 e. The molecule has 0 saturated carbocycles. The summed E-state index contributed by atoms with van der Waals surface area (Å²) < 4.78 is 15.7. The van der Waals surface area contributed by atoms with Gasteiger partial charge in [0.1, 0.15) is 11.5 Å². The number of hydrogen-bond donors (Lipinski definition) is 1. The number of carbonyl (C=O) groups excluding carboxylic acids is 1. The second kappa shape index (κ2) is 7.13. The second-order valence-corrected chi connectivity index (χ2v) is 4.83. The molecule has 1 saturated heterocycles. The quantitative estimate of drug-likeness (QED) is 0.855. The van der Waals surface area contributed by atoms with Crippen LogP contribution in [0, 0.1) is 0 Å². The molecule has 1 aliphatic heterocycles. The van der Waals surface area contributed by atoms with Gasteiger partial charge in [0.15, 0.2) is 6.04 Å². The van der Waals surface area contributed by atoms with Crippen molar-refractivity contribution in [3.05, 3.63) is 23.8 Å². The van der Waals surface area contributed by atoms with Crippen molar-refractivity contribution in [1.29, 1.82) is 0 Å². The summed E-state index contributed by atoms with van der Waals surface area (Å²) in [6.45, 7) is 0.593. The van der Waals surface area contributed by atoms with Crippen molar-refractivity contribution in [3.8, 4) is 11.5 Å². The fraction of sp³-hybridized carbons (Fsp3) is 0.467. The van der Waals surface area contributed by atoms with Gasteiger partial charge in [0.25, 0.3) is 0 Å². The van der Waals surface area contributed by atoms with Gasteiger partial charge in [0.2, 0.25) is 5.91 Å². The summed E-state index contributed by atoms with van der Waals surface area (Å²) in [6, 6.07) is 4.28. The molecule has 1 aromatic carbocycles. The van der Waals surface area contributed by atoms with E-state index in [9.17, 15) is 14.7 Å². The Hall–Kier alpha value is -2.28. The number of amides is 1. The first-order valence-electron chi connectivity index (χ1n) is 6.88. The lowest BCUT2D eigenvalue weighted by Crippen LogP contribution is -2.53. The van der Waals surface area contributed by atoms with Gasteiger partial charge in [-0.1, -0.05) is 6.07 Å². The zero-order valence-electron chi connectivity index (χ0n) is 12.6. The minimum atomic E-state index is -1.07. The van der Waals surface area contributed by atoms with E-state index in [1.807, 2.05) is 0 Å². The van der Waals surface area contributed by atoms with Crippen molar-refractivity contribution >= 4 is 11.9 Å². The Morgan fingerprint density at radius 2 is 1.95 bits per heavy atom. The van der Waals surface area contributed by atoms with Crippen LogP contribution in [0.2, 0.25) is 0 Å². The number of carbonyl (C=O) groups is 2. The molecule has 0 spiro atoms. The smallest absolute Gasteiger partial charge is 0.328 e. The van der Waals surface area contributed by atoms with E-state index in [0.717, 1.165) is 0 Å². The molecule has 1 aliphatic rings. The van der Waals surface area contributed by atoms with Gasteiger partial charge < -0.3 is 24.2 Å². The average molecular weight is 309 g/mol. The summed E-state index contributed by atoms with van der Waals surface area (Å²) in [7, 11) is 3.02. The maximum absolute atomic E-state index is 12.5. The zero-order chi connectivity index (χ0) is 16.1. The molecule has 7 nitrogen and oxygen atoms in total. The standard InChI is InChI=1S/C15H19NO6/c1-20-12-4-3-5-13(21-2)10(12)8-14(17)16-6-7-22-9-11(16)15(18)19/h3-5,11H,6-9H2,1-2H3,(H,18,19). The average Bonchev–Trinajstić information content (AvgIpc) is 2.54. The fourth-order valence-electron chi connectivity index (χ4n) is 2.46. The summed E-state index contributed by atoms with van der Waals surface area (Å²) in [6.07, 6.45) is 0.0109. The highest BCUT2D eigenvalue weighted by atomic mass is 16.5. The van der Waals surface area contributed by atoms with Crippen molar-refractivity contribution in [2.24, 2.45) is 0 Å². The molecule has 1 amide bonds. The second-order valence-electron chi connectivity index (χ2n) is 4.83. The summed E-state index contributed by atoms with van der Waals surface area (Å²) in [4.78, 5) is 25.1. The van der Waals surface area contributed by atoms with Crippen LogP contribution in [0.15, 0.2) is 18.2 Å². The Balaban J connectivity index is 2.22. The Labute approximate surface area is 128 Å². The summed E-state index contributed by atoms with van der Waals surface area (Å²) in [5.41, 5.74) is 0.605. The molecule has 2 rings (SSSR count). The molecule has 7 heteroatoms. The van der Waals surface area contributed by atoms with Crippen LogP contribution in [0.1, 0.15) is 5.56 Å². The third kappa shape index (κ3) is 3.30. The van der Waals surface area contributed by atoms with Gasteiger partial charge in [-0.3, -0.25) is 4.79 Å². The predicted molar refractivity (Wildman–Crippen MR) is 77.2 cm³/mol. The van der Waals surface area contributed by atoms with Crippen LogP contribution in [-0.4, -0.2) is 61.9 Å². The third-order valence-electron chi connectivity index (χ3n) is 3.59. The first-order chi connectivity index (χ1) is 10.6. The lowest BCUT2D eigenvalue weighted by Gasteiger charge is -2.33. The molecule has 22 heavy (non-hydrogen) atoms. The van der Waals surface area contributed by atoms with Gasteiger partial charge >= 0.3 is 5.97 Å². The van der Waals surface area contributed by atoms with Crippen molar-refractivity contribution in [1.82, 2.24) is 4.90 Å². The lowest BCUT2D eigenvalue weighted by molar-refractivity contribution is -0.158. The van der Waals surface area contributed by atoms with Crippen LogP contribution >= 0.6 is 0 Å². The summed E-state index contributed by atoms with van der Waals surface area (Å²) in [5.74, 6) is -0.292. The molecule has 1 N–H and O–H groups in total. The van der Waals surface area contributed by atoms with E-state index in [4.69, 9.17) is 14.2 Å². The molecule has 1 atom stereocenters. The van der Waals surface area contributed by atoms with E-state index in [0.29, 0.717) is 23.7 Å². The van der Waals surface area contributed by atoms with Gasteiger partial charge in [-0.2, -0.15) is 0 Å². The largest absolute Gasteiger partial charge is 0.496 e. The molecular weight excluding hydrogens is 290 g/mol. The first-order valence-corrected chi connectivity index (χ1v) is 6.88. The number of ether oxygens (including phenoxy) is 3. The number of benzene rings is 1. The minimum absolute atomic E-state index is 0.00410. The number of nitrogens with zero attached hydrogens (tertiary/aromatic N) is 1. The Morgan fingerprint density at radius 3 is 2.50 bits per heavy atom. The van der Waals surface area contributed by atoms with Crippen LogP contribution in [0.3, 0.4) is 0 Å². The van der Waals surface area contributed by atoms with Crippen LogP contribution in [0.4, 0.5) is 0 Å². The van der Waals surface area contributed by atoms with Gasteiger partial charge in [-0.15, -0.1) is 0 Å². The highest BCUT2D eigenvalue weighted by Gasteiger charge is 2.33. The van der Waals surface area contributed by atoms with E-state index in [1.165, 1.54) is 19.1 Å². The number of morpholine rings is 1. The van der Waals surface area contributed by atoms with Crippen LogP contribution in [-0.2, 0) is 20.7 Å². The van der Waals surface area contributed by atoms with Gasteiger partial charge in [-0.05, 0) is 12.1 Å². The third-order valence-corrected chi connectivity index (χ3v) is 3.59. The molecule has 1 heterocycles. The summed E-state index contributed by atoms with van der Waals surface area (Å²) in [5, 5.41) is 9.20. The zero-order valence-corrected chi connectivity index (χ0v) is 12.6. The number of carboxylic acids is 1. The Morgan fingerprint density at radius 1 is 1.32 bits per heavy atom. The first kappa shape index (κ1) is 16.1. The molecule has 0 radical (unpaired) electrons. The number of aliphatic carboxylic acids is 1. The van der Waals surface area contributed by atoms with E-state index in [2.05, 4.69) is 0 Å². The van der Waals surface area contributed by atoms with Gasteiger partial charge in [0.05, 0.1) is 33.9 Å². The number of carboxylic acid groups (broad SMARTS) is 1. The molecule has 1 aromatic rings. The molecule has 0 aromatic heterocycles. The van der Waals surface area contributed by atoms with E-state index < -0.39 is 12.0 Å². The molecule has 1 unspecified atom stereocenters. The monoisotopic (exact) mass is 309 g/mol. The molecule has 1 fully saturated rings. The normalized spacial score (nSPS) is 17.9. The van der Waals surface area contributed by atoms with Crippen molar-refractivity contribution in [2.75, 3.05) is 34.0 Å². The SMILES string of the molecule is COc1cccc(OC)c1CC(=O)N1CCOCC1C(=O)O. The fourth-order valence-corrected chi connectivity index (χ4v) is 2.46. The molecule has 0 bridgehead atoms. The van der Waals surface area contributed by atoms with Crippen LogP contribution < -0.4 is 9.47 Å². The topological polar surface area (TPSA) is 85.3 Å². The van der Waals surface area contributed by atoms with Crippen LogP contribution in [0.5, 0.6) is 11.5 Å². The van der Waals surface area contributed by atoms with Gasteiger partial charge in [-0.25, -0.2) is 4.79 Å². The lowest BCUT2D eigenvalue weighted by atomic mass is 10.1. The number of hydrogen-bond acceptors (Lipinski definition) is 5. The van der Waals surface area contributed by atoms with Gasteiger partial charge in [0, 0.05) is 12.1 Å². The van der Waals surface area contributed by atoms with E-state index >= 15 is 0 Å². The highest BCUT2D eigenvalue weighted by Crippen LogP contribution is 2.29. The number of methoxy groups -OCH3 is 2. The maximum Gasteiger partial charge on any atom is 0.328 e. The maximum atomic E-state index is 12.5. The Kier molecular flexibility index (Phi) is 5.21.